The molecule has 1 aromatic heterocycles. The first-order chi connectivity index (χ1) is 8.14. The zero-order chi connectivity index (χ0) is 12.6. The molecule has 0 radical (unpaired) electrons. The molecule has 2 N–H and O–H groups in total. The Bertz CT molecular complexity index is 406. The minimum atomic E-state index is -3.20. The first kappa shape index (κ1) is 14.1. The summed E-state index contributed by atoms with van der Waals surface area (Å²) in [6, 6.07) is 3.72. The number of aliphatic hydroxyl groups excluding tert-OH is 1. The molecular weight excluding hydrogens is 240 g/mol. The number of nitrogens with zero attached hydrogens (tertiary/aromatic N) is 1. The molecule has 0 atom stereocenters. The Morgan fingerprint density at radius 2 is 1.94 bits per heavy atom. The summed E-state index contributed by atoms with van der Waals surface area (Å²) in [6.45, 7) is 0.429. The van der Waals surface area contributed by atoms with Gasteiger partial charge in [0, 0.05) is 25.5 Å². The lowest BCUT2D eigenvalue weighted by Crippen LogP contribution is -2.28. The van der Waals surface area contributed by atoms with Gasteiger partial charge in [-0.3, -0.25) is 4.98 Å². The topological polar surface area (TPSA) is 79.3 Å². The Balaban J connectivity index is 2.26. The maximum Gasteiger partial charge on any atom is 0.211 e. The predicted molar refractivity (Wildman–Crippen MR) is 66.1 cm³/mol. The Morgan fingerprint density at radius 1 is 1.24 bits per heavy atom. The van der Waals surface area contributed by atoms with Gasteiger partial charge in [-0.2, -0.15) is 0 Å². The molecule has 96 valence electrons. The molecule has 0 saturated heterocycles. The molecule has 0 amide bonds. The third-order valence-electron chi connectivity index (χ3n) is 2.31. The van der Waals surface area contributed by atoms with Crippen LogP contribution in [0.25, 0.3) is 0 Å². The van der Waals surface area contributed by atoms with Crippen molar-refractivity contribution >= 4 is 10.0 Å². The van der Waals surface area contributed by atoms with Crippen LogP contribution in [0.15, 0.2) is 24.5 Å². The number of sulfonamides is 1. The number of unbranched alkanes of at least 4 members (excludes halogenated alkanes) is 1. The van der Waals surface area contributed by atoms with Gasteiger partial charge in [0.2, 0.25) is 10.0 Å². The molecule has 0 spiro atoms. The molecule has 0 bridgehead atoms. The van der Waals surface area contributed by atoms with Gasteiger partial charge in [-0.05, 0) is 37.0 Å². The predicted octanol–water partition coefficient (Wildman–Crippen LogP) is 0.316. The van der Waals surface area contributed by atoms with Crippen molar-refractivity contribution in [3.05, 3.63) is 30.1 Å². The molecule has 0 unspecified atom stereocenters. The number of rotatable bonds is 8. The van der Waals surface area contributed by atoms with Crippen LogP contribution in [-0.2, 0) is 16.4 Å². The second-order valence-electron chi connectivity index (χ2n) is 3.75. The zero-order valence-electron chi connectivity index (χ0n) is 9.67. The molecule has 1 rings (SSSR count). The zero-order valence-corrected chi connectivity index (χ0v) is 10.5. The van der Waals surface area contributed by atoms with Crippen molar-refractivity contribution in [2.75, 3.05) is 18.9 Å². The molecule has 5 nitrogen and oxygen atoms in total. The van der Waals surface area contributed by atoms with Gasteiger partial charge >= 0.3 is 0 Å². The summed E-state index contributed by atoms with van der Waals surface area (Å²) in [6.07, 6.45) is 5.03. The van der Waals surface area contributed by atoms with Crippen LogP contribution in [0.2, 0.25) is 0 Å². The lowest BCUT2D eigenvalue weighted by atomic mass is 10.2. The maximum absolute atomic E-state index is 11.5. The maximum atomic E-state index is 11.5. The highest BCUT2D eigenvalue weighted by atomic mass is 32.2. The molecule has 0 saturated carbocycles. The first-order valence-electron chi connectivity index (χ1n) is 5.61. The van der Waals surface area contributed by atoms with E-state index in [1.54, 1.807) is 12.4 Å². The van der Waals surface area contributed by atoms with E-state index in [-0.39, 0.29) is 12.4 Å². The van der Waals surface area contributed by atoms with Crippen LogP contribution in [0.4, 0.5) is 0 Å². The van der Waals surface area contributed by atoms with E-state index in [4.69, 9.17) is 5.11 Å². The normalized spacial score (nSPS) is 11.6. The number of hydrogen-bond acceptors (Lipinski definition) is 4. The minimum Gasteiger partial charge on any atom is -0.396 e. The van der Waals surface area contributed by atoms with Crippen molar-refractivity contribution in [2.24, 2.45) is 0 Å². The number of pyridine rings is 1. The van der Waals surface area contributed by atoms with Crippen molar-refractivity contribution < 1.29 is 13.5 Å². The number of aromatic nitrogens is 1. The average molecular weight is 258 g/mol. The lowest BCUT2D eigenvalue weighted by Gasteiger charge is -2.06. The van der Waals surface area contributed by atoms with E-state index >= 15 is 0 Å². The van der Waals surface area contributed by atoms with Gasteiger partial charge in [-0.1, -0.05) is 0 Å². The molecule has 6 heteroatoms. The fraction of sp³-hybridized carbons (Fsp3) is 0.545. The van der Waals surface area contributed by atoms with Crippen LogP contribution in [-0.4, -0.2) is 37.4 Å². The van der Waals surface area contributed by atoms with E-state index in [1.807, 2.05) is 12.1 Å². The second-order valence-corrected chi connectivity index (χ2v) is 5.68. The molecule has 1 aromatic rings. The number of hydrogen-bond donors (Lipinski definition) is 2. The van der Waals surface area contributed by atoms with E-state index in [0.717, 1.165) is 5.56 Å². The van der Waals surface area contributed by atoms with Crippen LogP contribution >= 0.6 is 0 Å². The third kappa shape index (κ3) is 6.35. The van der Waals surface area contributed by atoms with Crippen molar-refractivity contribution in [2.45, 2.75) is 19.3 Å². The van der Waals surface area contributed by atoms with Gasteiger partial charge in [-0.15, -0.1) is 0 Å². The monoisotopic (exact) mass is 258 g/mol. The van der Waals surface area contributed by atoms with E-state index in [1.165, 1.54) is 0 Å². The van der Waals surface area contributed by atoms with Gasteiger partial charge in [-0.25, -0.2) is 13.1 Å². The SMILES string of the molecule is O=S(=O)(CCCCO)NCCc1ccncc1. The summed E-state index contributed by atoms with van der Waals surface area (Å²) in [4.78, 5) is 3.89. The first-order valence-corrected chi connectivity index (χ1v) is 7.26. The third-order valence-corrected chi connectivity index (χ3v) is 3.78. The van der Waals surface area contributed by atoms with Crippen LogP contribution in [0.5, 0.6) is 0 Å². The molecule has 0 aromatic carbocycles. The van der Waals surface area contributed by atoms with Crippen molar-refractivity contribution in [3.63, 3.8) is 0 Å². The molecule has 0 aliphatic carbocycles. The molecule has 17 heavy (non-hydrogen) atoms. The van der Waals surface area contributed by atoms with E-state index < -0.39 is 10.0 Å². The molecule has 0 fully saturated rings. The van der Waals surface area contributed by atoms with Crippen LogP contribution < -0.4 is 4.72 Å². The van der Waals surface area contributed by atoms with Crippen molar-refractivity contribution in [1.82, 2.24) is 9.71 Å². The van der Waals surface area contributed by atoms with Crippen LogP contribution in [0.1, 0.15) is 18.4 Å². The van der Waals surface area contributed by atoms with Crippen LogP contribution in [0, 0.1) is 0 Å². The second kappa shape index (κ2) is 7.37. The number of aliphatic hydroxyl groups is 1. The summed E-state index contributed by atoms with van der Waals surface area (Å²) in [7, 11) is -3.20. The van der Waals surface area contributed by atoms with Gasteiger partial charge in [0.15, 0.2) is 0 Å². The average Bonchev–Trinajstić information content (AvgIpc) is 2.30. The number of nitrogens with one attached hydrogen (secondary N) is 1. The summed E-state index contributed by atoms with van der Waals surface area (Å²) in [5.74, 6) is 0.0733. The molecular formula is C11H18N2O3S. The van der Waals surface area contributed by atoms with Gasteiger partial charge in [0.1, 0.15) is 0 Å². The highest BCUT2D eigenvalue weighted by Gasteiger charge is 2.08. The fourth-order valence-electron chi connectivity index (χ4n) is 1.38. The Hall–Kier alpha value is -0.980. The smallest absolute Gasteiger partial charge is 0.211 e. The van der Waals surface area contributed by atoms with Crippen molar-refractivity contribution in [3.8, 4) is 0 Å². The summed E-state index contributed by atoms with van der Waals surface area (Å²) in [5, 5.41) is 8.57. The molecule has 0 aliphatic rings. The van der Waals surface area contributed by atoms with Gasteiger partial charge < -0.3 is 5.11 Å². The summed E-state index contributed by atoms with van der Waals surface area (Å²) >= 11 is 0. The highest BCUT2D eigenvalue weighted by Crippen LogP contribution is 1.98. The van der Waals surface area contributed by atoms with Gasteiger partial charge in [0.05, 0.1) is 5.75 Å². The van der Waals surface area contributed by atoms with Crippen LogP contribution in [0.3, 0.4) is 0 Å². The summed E-state index contributed by atoms with van der Waals surface area (Å²) in [5.41, 5.74) is 1.05. The lowest BCUT2D eigenvalue weighted by molar-refractivity contribution is 0.287. The van der Waals surface area contributed by atoms with E-state index in [2.05, 4.69) is 9.71 Å². The molecule has 0 aliphatic heterocycles. The fourth-order valence-corrected chi connectivity index (χ4v) is 2.52. The largest absolute Gasteiger partial charge is 0.396 e. The molecule has 1 heterocycles. The van der Waals surface area contributed by atoms with Gasteiger partial charge in [0.25, 0.3) is 0 Å². The minimum absolute atomic E-state index is 0.0343. The Morgan fingerprint density at radius 3 is 2.59 bits per heavy atom. The quantitative estimate of drug-likeness (QED) is 0.658. The Labute approximate surface area is 102 Å². The standard InChI is InChI=1S/C11H18N2O3S/c14-9-1-2-10-17(15,16)13-8-5-11-3-6-12-7-4-11/h3-4,6-7,13-14H,1-2,5,8-10H2. The van der Waals surface area contributed by atoms with E-state index in [9.17, 15) is 8.42 Å². The van der Waals surface area contributed by atoms with E-state index in [0.29, 0.717) is 25.8 Å². The van der Waals surface area contributed by atoms with Crippen molar-refractivity contribution in [1.29, 1.82) is 0 Å². The highest BCUT2D eigenvalue weighted by molar-refractivity contribution is 7.89. The Kier molecular flexibility index (Phi) is 6.10. The summed E-state index contributed by atoms with van der Waals surface area (Å²) < 4.78 is 25.5.